The average molecular weight is 186 g/mol. The molecule has 0 aromatic rings. The standard InChI is InChI=1S/C9H14O4/c1-2-11-8(10)7-5-6-3-4-12-9(6)13-7/h6-7,9H,2-5H2,1H3/t6-,7+,9+/m0/s1. The molecule has 0 aromatic heterocycles. The zero-order valence-corrected chi connectivity index (χ0v) is 7.69. The molecule has 2 fully saturated rings. The molecule has 74 valence electrons. The summed E-state index contributed by atoms with van der Waals surface area (Å²) in [6, 6.07) is 0. The maximum atomic E-state index is 11.3. The largest absolute Gasteiger partial charge is 0.464 e. The topological polar surface area (TPSA) is 44.8 Å². The number of fused-ring (bicyclic) bond motifs is 1. The SMILES string of the molecule is CCOC(=O)[C@H]1C[C@@H]2CCO[C@@H]2O1. The first-order chi connectivity index (χ1) is 6.31. The molecule has 2 heterocycles. The maximum absolute atomic E-state index is 11.3. The normalized spacial score (nSPS) is 37.5. The summed E-state index contributed by atoms with van der Waals surface area (Å²) in [7, 11) is 0. The Bertz CT molecular complexity index is 192. The van der Waals surface area contributed by atoms with Gasteiger partial charge in [-0.3, -0.25) is 0 Å². The molecule has 0 N–H and O–H groups in total. The van der Waals surface area contributed by atoms with Gasteiger partial charge in [0, 0.05) is 5.92 Å². The minimum Gasteiger partial charge on any atom is -0.464 e. The van der Waals surface area contributed by atoms with Gasteiger partial charge in [-0.25, -0.2) is 4.79 Å². The van der Waals surface area contributed by atoms with Crippen molar-refractivity contribution in [1.29, 1.82) is 0 Å². The molecule has 0 amide bonds. The minimum atomic E-state index is -0.393. The second-order valence-electron chi connectivity index (χ2n) is 3.40. The molecule has 4 nitrogen and oxygen atoms in total. The summed E-state index contributed by atoms with van der Waals surface area (Å²) in [6.07, 6.45) is 1.20. The third-order valence-electron chi connectivity index (χ3n) is 2.52. The highest BCUT2D eigenvalue weighted by Crippen LogP contribution is 2.34. The summed E-state index contributed by atoms with van der Waals surface area (Å²) >= 11 is 0. The van der Waals surface area contributed by atoms with E-state index in [1.807, 2.05) is 0 Å². The van der Waals surface area contributed by atoms with Crippen molar-refractivity contribution in [1.82, 2.24) is 0 Å². The number of carbonyl (C=O) groups excluding carboxylic acids is 1. The van der Waals surface area contributed by atoms with Crippen LogP contribution < -0.4 is 0 Å². The van der Waals surface area contributed by atoms with E-state index in [1.54, 1.807) is 6.92 Å². The Morgan fingerprint density at radius 1 is 1.62 bits per heavy atom. The number of ether oxygens (including phenoxy) is 3. The monoisotopic (exact) mass is 186 g/mol. The molecule has 2 rings (SSSR count). The molecule has 0 unspecified atom stereocenters. The van der Waals surface area contributed by atoms with Crippen molar-refractivity contribution in [2.24, 2.45) is 5.92 Å². The summed E-state index contributed by atoms with van der Waals surface area (Å²) in [5, 5.41) is 0. The number of carbonyl (C=O) groups is 1. The van der Waals surface area contributed by atoms with E-state index in [2.05, 4.69) is 0 Å². The minimum absolute atomic E-state index is 0.158. The molecular formula is C9H14O4. The predicted octanol–water partition coefficient (Wildman–Crippen LogP) is 0.701. The Morgan fingerprint density at radius 2 is 2.46 bits per heavy atom. The van der Waals surface area contributed by atoms with Crippen molar-refractivity contribution in [2.75, 3.05) is 13.2 Å². The van der Waals surface area contributed by atoms with Gasteiger partial charge >= 0.3 is 5.97 Å². The van der Waals surface area contributed by atoms with Crippen LogP contribution in [0.15, 0.2) is 0 Å². The highest BCUT2D eigenvalue weighted by atomic mass is 16.7. The van der Waals surface area contributed by atoms with E-state index < -0.39 is 6.10 Å². The molecule has 0 saturated carbocycles. The van der Waals surface area contributed by atoms with Gasteiger partial charge in [-0.15, -0.1) is 0 Å². The van der Waals surface area contributed by atoms with Crippen molar-refractivity contribution >= 4 is 5.97 Å². The second kappa shape index (κ2) is 3.64. The molecule has 0 spiro atoms. The van der Waals surface area contributed by atoms with Crippen molar-refractivity contribution in [3.8, 4) is 0 Å². The quantitative estimate of drug-likeness (QED) is 0.595. The van der Waals surface area contributed by atoms with Gasteiger partial charge in [-0.05, 0) is 19.8 Å². The van der Waals surface area contributed by atoms with E-state index in [4.69, 9.17) is 14.2 Å². The molecule has 4 heteroatoms. The highest BCUT2D eigenvalue weighted by molar-refractivity contribution is 5.75. The van der Waals surface area contributed by atoms with Crippen molar-refractivity contribution in [2.45, 2.75) is 32.2 Å². The van der Waals surface area contributed by atoms with Gasteiger partial charge < -0.3 is 14.2 Å². The van der Waals surface area contributed by atoms with Gasteiger partial charge in [0.2, 0.25) is 0 Å². The Morgan fingerprint density at radius 3 is 3.15 bits per heavy atom. The van der Waals surface area contributed by atoms with Crippen LogP contribution in [0.4, 0.5) is 0 Å². The van der Waals surface area contributed by atoms with Crippen LogP contribution in [0.5, 0.6) is 0 Å². The number of hydrogen-bond donors (Lipinski definition) is 0. The van der Waals surface area contributed by atoms with Crippen LogP contribution in [-0.2, 0) is 19.0 Å². The van der Waals surface area contributed by atoms with Crippen LogP contribution in [0.1, 0.15) is 19.8 Å². The van der Waals surface area contributed by atoms with E-state index >= 15 is 0 Å². The Balaban J connectivity index is 1.87. The van der Waals surface area contributed by atoms with Gasteiger partial charge in [-0.1, -0.05) is 0 Å². The van der Waals surface area contributed by atoms with E-state index in [1.165, 1.54) is 0 Å². The molecule has 0 bridgehead atoms. The highest BCUT2D eigenvalue weighted by Gasteiger charge is 2.43. The molecule has 2 aliphatic rings. The summed E-state index contributed by atoms with van der Waals surface area (Å²) in [6.45, 7) is 2.96. The molecule has 13 heavy (non-hydrogen) atoms. The van der Waals surface area contributed by atoms with Crippen LogP contribution >= 0.6 is 0 Å². The smallest absolute Gasteiger partial charge is 0.335 e. The first-order valence-corrected chi connectivity index (χ1v) is 4.75. The lowest BCUT2D eigenvalue weighted by Gasteiger charge is -2.10. The molecule has 0 aliphatic carbocycles. The third kappa shape index (κ3) is 1.69. The molecule has 0 aromatic carbocycles. The first kappa shape index (κ1) is 8.97. The predicted molar refractivity (Wildman–Crippen MR) is 44.0 cm³/mol. The van der Waals surface area contributed by atoms with E-state index in [-0.39, 0.29) is 12.3 Å². The van der Waals surface area contributed by atoms with Crippen LogP contribution in [-0.4, -0.2) is 31.6 Å². The molecule has 2 saturated heterocycles. The van der Waals surface area contributed by atoms with Crippen LogP contribution in [0.3, 0.4) is 0 Å². The van der Waals surface area contributed by atoms with Gasteiger partial charge in [0.25, 0.3) is 0 Å². The Labute approximate surface area is 77.1 Å². The van der Waals surface area contributed by atoms with Gasteiger partial charge in [0.15, 0.2) is 12.4 Å². The van der Waals surface area contributed by atoms with E-state index in [9.17, 15) is 4.79 Å². The summed E-state index contributed by atoms with van der Waals surface area (Å²) in [5.41, 5.74) is 0. The second-order valence-corrected chi connectivity index (χ2v) is 3.40. The summed E-state index contributed by atoms with van der Waals surface area (Å²) < 4.78 is 15.6. The Hall–Kier alpha value is -0.610. The van der Waals surface area contributed by atoms with Crippen LogP contribution in [0, 0.1) is 5.92 Å². The first-order valence-electron chi connectivity index (χ1n) is 4.75. The lowest BCUT2D eigenvalue weighted by atomic mass is 10.0. The van der Waals surface area contributed by atoms with Gasteiger partial charge in [0.05, 0.1) is 13.2 Å². The van der Waals surface area contributed by atoms with Crippen molar-refractivity contribution in [3.63, 3.8) is 0 Å². The average Bonchev–Trinajstić information content (AvgIpc) is 2.61. The number of rotatable bonds is 2. The zero-order chi connectivity index (χ0) is 9.26. The Kier molecular flexibility index (Phi) is 2.51. The van der Waals surface area contributed by atoms with E-state index in [0.29, 0.717) is 12.5 Å². The third-order valence-corrected chi connectivity index (χ3v) is 2.52. The number of hydrogen-bond acceptors (Lipinski definition) is 4. The van der Waals surface area contributed by atoms with Crippen molar-refractivity contribution < 1.29 is 19.0 Å². The van der Waals surface area contributed by atoms with Crippen LogP contribution in [0.25, 0.3) is 0 Å². The lowest BCUT2D eigenvalue weighted by molar-refractivity contribution is -0.169. The molecular weight excluding hydrogens is 172 g/mol. The molecule has 2 aliphatic heterocycles. The number of esters is 1. The maximum Gasteiger partial charge on any atom is 0.335 e. The van der Waals surface area contributed by atoms with Crippen LogP contribution in [0.2, 0.25) is 0 Å². The fourth-order valence-corrected chi connectivity index (χ4v) is 1.87. The van der Waals surface area contributed by atoms with E-state index in [0.717, 1.165) is 19.4 Å². The molecule has 0 radical (unpaired) electrons. The molecule has 3 atom stereocenters. The van der Waals surface area contributed by atoms with Gasteiger partial charge in [0.1, 0.15) is 0 Å². The van der Waals surface area contributed by atoms with Gasteiger partial charge in [-0.2, -0.15) is 0 Å². The fourth-order valence-electron chi connectivity index (χ4n) is 1.87. The summed E-state index contributed by atoms with van der Waals surface area (Å²) in [4.78, 5) is 11.3. The fraction of sp³-hybridized carbons (Fsp3) is 0.889. The summed E-state index contributed by atoms with van der Waals surface area (Å²) in [5.74, 6) is 0.148. The van der Waals surface area contributed by atoms with Crippen molar-refractivity contribution in [3.05, 3.63) is 0 Å². The zero-order valence-electron chi connectivity index (χ0n) is 7.69. The lowest BCUT2D eigenvalue weighted by Crippen LogP contribution is -2.24.